The number of fused-ring (bicyclic) bond motifs is 1. The molecule has 1 aliphatic carbocycles. The summed E-state index contributed by atoms with van der Waals surface area (Å²) in [5.74, 6) is 0.289. The lowest BCUT2D eigenvalue weighted by atomic mass is 9.97. The van der Waals surface area contributed by atoms with E-state index in [-0.39, 0.29) is 29.4 Å². The van der Waals surface area contributed by atoms with Crippen molar-refractivity contribution in [3.05, 3.63) is 34.6 Å². The van der Waals surface area contributed by atoms with E-state index in [1.807, 2.05) is 38.1 Å². The Morgan fingerprint density at radius 1 is 1.19 bits per heavy atom. The number of benzene rings is 1. The minimum absolute atomic E-state index is 0.0210. The third-order valence-electron chi connectivity index (χ3n) is 5.61. The lowest BCUT2D eigenvalue weighted by molar-refractivity contribution is -0.119. The van der Waals surface area contributed by atoms with Crippen LogP contribution in [-0.2, 0) is 16.1 Å². The molecule has 170 valence electrons. The van der Waals surface area contributed by atoms with Crippen molar-refractivity contribution in [3.63, 3.8) is 0 Å². The molecule has 0 radical (unpaired) electrons. The molecule has 1 fully saturated rings. The number of thioether (sulfide) groups is 1. The number of hydrogen-bond donors (Lipinski definition) is 1. The van der Waals surface area contributed by atoms with Crippen molar-refractivity contribution in [1.82, 2.24) is 14.9 Å². The zero-order valence-electron chi connectivity index (χ0n) is 18.8. The summed E-state index contributed by atoms with van der Waals surface area (Å²) in [5.41, 5.74) is 0.614. The van der Waals surface area contributed by atoms with Crippen molar-refractivity contribution in [2.75, 3.05) is 12.4 Å². The highest BCUT2D eigenvalue weighted by atomic mass is 32.2. The molecule has 0 aliphatic heterocycles. The van der Waals surface area contributed by atoms with E-state index < -0.39 is 0 Å². The molecule has 0 unspecified atom stereocenters. The van der Waals surface area contributed by atoms with Crippen LogP contribution >= 0.6 is 11.8 Å². The van der Waals surface area contributed by atoms with Crippen LogP contribution in [0.4, 0.5) is 0 Å². The van der Waals surface area contributed by atoms with Gasteiger partial charge in [-0.05, 0) is 45.2 Å². The SMILES string of the molecule is CC(C)OCCCn1c(SCC(=O)NC2CCCCCCC2)nc2ccccc2c1=O. The molecule has 2 aromatic rings. The Balaban J connectivity index is 1.68. The summed E-state index contributed by atoms with van der Waals surface area (Å²) in [4.78, 5) is 30.4. The van der Waals surface area contributed by atoms with E-state index in [2.05, 4.69) is 5.32 Å². The number of hydrogen-bond acceptors (Lipinski definition) is 5. The van der Waals surface area contributed by atoms with Gasteiger partial charge < -0.3 is 10.1 Å². The van der Waals surface area contributed by atoms with E-state index >= 15 is 0 Å². The van der Waals surface area contributed by atoms with Crippen LogP contribution in [0.1, 0.15) is 65.2 Å². The zero-order valence-corrected chi connectivity index (χ0v) is 19.6. The molecular weight excluding hydrogens is 410 g/mol. The largest absolute Gasteiger partial charge is 0.379 e. The molecule has 1 amide bonds. The van der Waals surface area contributed by atoms with E-state index in [9.17, 15) is 9.59 Å². The molecule has 3 rings (SSSR count). The van der Waals surface area contributed by atoms with Crippen molar-refractivity contribution < 1.29 is 9.53 Å². The minimum Gasteiger partial charge on any atom is -0.379 e. The molecule has 1 saturated carbocycles. The zero-order chi connectivity index (χ0) is 22.1. The molecule has 0 saturated heterocycles. The molecule has 7 heteroatoms. The smallest absolute Gasteiger partial charge is 0.262 e. The highest BCUT2D eigenvalue weighted by molar-refractivity contribution is 7.99. The number of carbonyl (C=O) groups excluding carboxylic acids is 1. The van der Waals surface area contributed by atoms with Crippen molar-refractivity contribution in [3.8, 4) is 0 Å². The summed E-state index contributed by atoms with van der Waals surface area (Å²) in [6.07, 6.45) is 9.20. The van der Waals surface area contributed by atoms with Crippen LogP contribution < -0.4 is 10.9 Å². The number of para-hydroxylation sites is 1. The number of amides is 1. The molecule has 1 aromatic carbocycles. The molecule has 1 N–H and O–H groups in total. The van der Waals surface area contributed by atoms with E-state index in [1.54, 1.807) is 4.57 Å². The first-order chi connectivity index (χ1) is 15.0. The van der Waals surface area contributed by atoms with Crippen LogP contribution in [-0.4, -0.2) is 40.0 Å². The van der Waals surface area contributed by atoms with Gasteiger partial charge in [-0.2, -0.15) is 0 Å². The second kappa shape index (κ2) is 12.2. The van der Waals surface area contributed by atoms with Gasteiger partial charge in [-0.15, -0.1) is 0 Å². The van der Waals surface area contributed by atoms with Gasteiger partial charge in [0.25, 0.3) is 5.56 Å². The van der Waals surface area contributed by atoms with Gasteiger partial charge in [0, 0.05) is 19.2 Å². The Morgan fingerprint density at radius 2 is 1.90 bits per heavy atom. The molecule has 1 heterocycles. The summed E-state index contributed by atoms with van der Waals surface area (Å²) in [5, 5.41) is 4.40. The Hall–Kier alpha value is -1.86. The maximum Gasteiger partial charge on any atom is 0.262 e. The van der Waals surface area contributed by atoms with Gasteiger partial charge >= 0.3 is 0 Å². The lowest BCUT2D eigenvalue weighted by Crippen LogP contribution is -2.36. The number of nitrogens with zero attached hydrogens (tertiary/aromatic N) is 2. The van der Waals surface area contributed by atoms with E-state index in [0.717, 1.165) is 19.3 Å². The van der Waals surface area contributed by atoms with Crippen molar-refractivity contribution in [2.24, 2.45) is 0 Å². The lowest BCUT2D eigenvalue weighted by Gasteiger charge is -2.21. The van der Waals surface area contributed by atoms with E-state index in [1.165, 1.54) is 43.9 Å². The average Bonchev–Trinajstić information content (AvgIpc) is 2.73. The maximum atomic E-state index is 13.1. The third-order valence-corrected chi connectivity index (χ3v) is 6.58. The standard InChI is InChI=1S/C24H35N3O3S/c1-18(2)30-16-10-15-27-23(29)20-13-8-9-14-21(20)26-24(27)31-17-22(28)25-19-11-6-4-3-5-7-12-19/h8-9,13-14,18-19H,3-7,10-12,15-17H2,1-2H3,(H,25,28). The molecule has 6 nitrogen and oxygen atoms in total. The van der Waals surface area contributed by atoms with Crippen molar-refractivity contribution >= 4 is 28.6 Å². The fraction of sp³-hybridized carbons (Fsp3) is 0.625. The molecule has 0 bridgehead atoms. The normalized spacial score (nSPS) is 15.7. The second-order valence-electron chi connectivity index (χ2n) is 8.54. The summed E-state index contributed by atoms with van der Waals surface area (Å²) in [6, 6.07) is 7.66. The molecule has 1 aromatic heterocycles. The number of rotatable bonds is 9. The summed E-state index contributed by atoms with van der Waals surface area (Å²) in [7, 11) is 0. The Labute approximate surface area is 189 Å². The summed E-state index contributed by atoms with van der Waals surface area (Å²) < 4.78 is 7.32. The Kier molecular flexibility index (Phi) is 9.40. The third kappa shape index (κ3) is 7.35. The topological polar surface area (TPSA) is 73.2 Å². The number of aromatic nitrogens is 2. The van der Waals surface area contributed by atoms with Gasteiger partial charge in [0.2, 0.25) is 5.91 Å². The monoisotopic (exact) mass is 445 g/mol. The fourth-order valence-electron chi connectivity index (χ4n) is 4.00. The van der Waals surface area contributed by atoms with Gasteiger partial charge in [0.05, 0.1) is 22.8 Å². The van der Waals surface area contributed by atoms with Gasteiger partial charge in [-0.25, -0.2) is 4.98 Å². The van der Waals surface area contributed by atoms with Crippen LogP contribution in [0.25, 0.3) is 10.9 Å². The van der Waals surface area contributed by atoms with Crippen molar-refractivity contribution in [2.45, 2.75) is 89.1 Å². The van der Waals surface area contributed by atoms with Gasteiger partial charge in [0.1, 0.15) is 0 Å². The first kappa shape index (κ1) is 23.8. The molecular formula is C24H35N3O3S. The van der Waals surface area contributed by atoms with Crippen LogP contribution in [0.2, 0.25) is 0 Å². The Morgan fingerprint density at radius 3 is 2.65 bits per heavy atom. The minimum atomic E-state index is -0.0573. The maximum absolute atomic E-state index is 13.1. The Bertz CT molecular complexity index is 905. The van der Waals surface area contributed by atoms with E-state index in [0.29, 0.717) is 29.2 Å². The number of ether oxygens (including phenoxy) is 1. The van der Waals surface area contributed by atoms with Gasteiger partial charge in [-0.3, -0.25) is 14.2 Å². The highest BCUT2D eigenvalue weighted by Crippen LogP contribution is 2.20. The summed E-state index contributed by atoms with van der Waals surface area (Å²) in [6.45, 7) is 5.11. The predicted octanol–water partition coefficient (Wildman–Crippen LogP) is 4.53. The van der Waals surface area contributed by atoms with E-state index in [4.69, 9.17) is 9.72 Å². The van der Waals surface area contributed by atoms with Crippen LogP contribution in [0.3, 0.4) is 0 Å². The van der Waals surface area contributed by atoms with Gasteiger partial charge in [-0.1, -0.05) is 56.0 Å². The van der Waals surface area contributed by atoms with Crippen LogP contribution in [0, 0.1) is 0 Å². The van der Waals surface area contributed by atoms with Crippen molar-refractivity contribution in [1.29, 1.82) is 0 Å². The second-order valence-corrected chi connectivity index (χ2v) is 9.48. The molecule has 31 heavy (non-hydrogen) atoms. The highest BCUT2D eigenvalue weighted by Gasteiger charge is 2.16. The molecule has 0 spiro atoms. The molecule has 0 atom stereocenters. The fourth-order valence-corrected chi connectivity index (χ4v) is 4.83. The number of carbonyl (C=O) groups is 1. The molecule has 1 aliphatic rings. The number of nitrogens with one attached hydrogen (secondary N) is 1. The van der Waals surface area contributed by atoms with Gasteiger partial charge in [0.15, 0.2) is 5.16 Å². The summed E-state index contributed by atoms with van der Waals surface area (Å²) >= 11 is 1.35. The van der Waals surface area contributed by atoms with Crippen LogP contribution in [0.15, 0.2) is 34.2 Å². The predicted molar refractivity (Wildman–Crippen MR) is 127 cm³/mol. The van der Waals surface area contributed by atoms with Crippen LogP contribution in [0.5, 0.6) is 0 Å². The average molecular weight is 446 g/mol. The first-order valence-corrected chi connectivity index (χ1v) is 12.6. The quantitative estimate of drug-likeness (QED) is 0.349. The first-order valence-electron chi connectivity index (χ1n) is 11.6.